The van der Waals surface area contributed by atoms with E-state index in [1.54, 1.807) is 0 Å². The third kappa shape index (κ3) is 3.60. The third-order valence-electron chi connectivity index (χ3n) is 5.70. The van der Waals surface area contributed by atoms with Crippen LogP contribution < -0.4 is 21.3 Å². The number of nitrogens with two attached hydrogens (primary N) is 2. The first kappa shape index (κ1) is 20.8. The molecule has 4 aromatic rings. The van der Waals surface area contributed by atoms with Gasteiger partial charge in [0.25, 0.3) is 0 Å². The number of benzene rings is 4. The summed E-state index contributed by atoms with van der Waals surface area (Å²) in [5.41, 5.74) is 19.7. The van der Waals surface area contributed by atoms with Crippen LogP contribution in [0.5, 0.6) is 5.75 Å². The van der Waals surface area contributed by atoms with Crippen molar-refractivity contribution < 1.29 is 9.09 Å². The molecule has 1 aliphatic rings. The second-order valence-corrected chi connectivity index (χ2v) is 13.2. The van der Waals surface area contributed by atoms with Crippen LogP contribution >= 0.6 is 15.3 Å². The van der Waals surface area contributed by atoms with Crippen molar-refractivity contribution in [3.8, 4) is 39.1 Å². The van der Waals surface area contributed by atoms with Crippen LogP contribution in [-0.4, -0.2) is 6.16 Å². The topological polar surface area (TPSA) is 78.3 Å². The average Bonchev–Trinajstić information content (AvgIpc) is 2.83. The molecule has 0 saturated carbocycles. The number of fused-ring (bicyclic) bond motifs is 3. The molecule has 4 nitrogen and oxygen atoms in total. The maximum absolute atomic E-state index is 13.3. The first-order chi connectivity index (χ1) is 15.6. The van der Waals surface area contributed by atoms with Crippen LogP contribution in [0.15, 0.2) is 84.9 Å². The van der Waals surface area contributed by atoms with Crippen LogP contribution in [0.3, 0.4) is 0 Å². The zero-order valence-electron chi connectivity index (χ0n) is 17.7. The molecular formula is C26H24N2O2P2. The number of para-hydroxylation sites is 1. The molecule has 0 aromatic heterocycles. The minimum Gasteiger partial charge on any atom is -0.461 e. The van der Waals surface area contributed by atoms with Crippen LogP contribution in [0, 0.1) is 0 Å². The van der Waals surface area contributed by atoms with E-state index < -0.39 is 15.3 Å². The summed E-state index contributed by atoms with van der Waals surface area (Å²) >= 11 is 0. The SMILES string of the molecule is CC[PH](=O)P1Oc2ccccc2-c2ccc(-c3ccc(N)cc3)c(-c3ccc(N)cc3)c21. The highest BCUT2D eigenvalue weighted by atomic mass is 32.1. The van der Waals surface area contributed by atoms with E-state index in [2.05, 4.69) is 18.2 Å². The van der Waals surface area contributed by atoms with Crippen molar-refractivity contribution in [2.75, 3.05) is 17.6 Å². The van der Waals surface area contributed by atoms with E-state index in [-0.39, 0.29) is 0 Å². The lowest BCUT2D eigenvalue weighted by Gasteiger charge is -2.31. The van der Waals surface area contributed by atoms with Crippen molar-refractivity contribution in [2.45, 2.75) is 6.92 Å². The van der Waals surface area contributed by atoms with Gasteiger partial charge >= 0.3 is 0 Å². The van der Waals surface area contributed by atoms with Crippen LogP contribution in [0.25, 0.3) is 33.4 Å². The summed E-state index contributed by atoms with van der Waals surface area (Å²) in [7, 11) is -3.29. The Hall–Kier alpha value is -3.06. The predicted octanol–water partition coefficient (Wildman–Crippen LogP) is 6.76. The number of anilines is 2. The Kier molecular flexibility index (Phi) is 5.51. The molecule has 6 heteroatoms. The van der Waals surface area contributed by atoms with E-state index in [4.69, 9.17) is 16.0 Å². The monoisotopic (exact) mass is 458 g/mol. The molecule has 2 atom stereocenters. The van der Waals surface area contributed by atoms with E-state index in [1.165, 1.54) is 0 Å². The van der Waals surface area contributed by atoms with Gasteiger partial charge in [0, 0.05) is 34.0 Å². The molecule has 0 radical (unpaired) electrons. The Bertz CT molecular complexity index is 1320. The van der Waals surface area contributed by atoms with Gasteiger partial charge in [0.2, 0.25) is 0 Å². The molecule has 4 N–H and O–H groups in total. The Morgan fingerprint density at radius 3 is 2.00 bits per heavy atom. The van der Waals surface area contributed by atoms with Gasteiger partial charge in [-0.1, -0.05) is 61.5 Å². The largest absolute Gasteiger partial charge is 0.461 e. The summed E-state index contributed by atoms with van der Waals surface area (Å²) in [6, 6.07) is 28.0. The molecule has 0 spiro atoms. The molecule has 2 unspecified atom stereocenters. The lowest BCUT2D eigenvalue weighted by atomic mass is 9.90. The Balaban J connectivity index is 1.87. The highest BCUT2D eigenvalue weighted by Crippen LogP contribution is 2.66. The summed E-state index contributed by atoms with van der Waals surface area (Å²) in [6.45, 7) is 1.97. The van der Waals surface area contributed by atoms with Crippen LogP contribution in [0.1, 0.15) is 6.92 Å². The van der Waals surface area contributed by atoms with Gasteiger partial charge in [-0.15, -0.1) is 0 Å². The van der Waals surface area contributed by atoms with Gasteiger partial charge in [0.1, 0.15) is 13.2 Å². The van der Waals surface area contributed by atoms with Gasteiger partial charge in [0.15, 0.2) is 7.84 Å². The van der Waals surface area contributed by atoms with E-state index in [9.17, 15) is 4.57 Å². The second kappa shape index (κ2) is 8.47. The van der Waals surface area contributed by atoms with E-state index in [0.29, 0.717) is 11.8 Å². The van der Waals surface area contributed by atoms with Gasteiger partial charge in [-0.2, -0.15) is 0 Å². The molecule has 0 amide bonds. The minimum atomic E-state index is -1.98. The zero-order chi connectivity index (χ0) is 22.2. The summed E-state index contributed by atoms with van der Waals surface area (Å²) in [6.07, 6.45) is 0.602. The Morgan fingerprint density at radius 1 is 0.750 bits per heavy atom. The minimum absolute atomic E-state index is 0.602. The van der Waals surface area contributed by atoms with Crippen molar-refractivity contribution in [2.24, 2.45) is 0 Å². The normalized spacial score (nSPS) is 15.3. The molecule has 0 bridgehead atoms. The van der Waals surface area contributed by atoms with Gasteiger partial charge in [-0.25, -0.2) is 0 Å². The molecule has 1 heterocycles. The average molecular weight is 458 g/mol. The maximum atomic E-state index is 13.3. The summed E-state index contributed by atoms with van der Waals surface area (Å²) in [5.74, 6) is 0.807. The molecule has 160 valence electrons. The lowest BCUT2D eigenvalue weighted by Crippen LogP contribution is -2.16. The molecule has 4 aromatic carbocycles. The molecule has 0 saturated heterocycles. The summed E-state index contributed by atoms with van der Waals surface area (Å²) in [4.78, 5) is 0. The molecular weight excluding hydrogens is 434 g/mol. The van der Waals surface area contributed by atoms with E-state index in [1.807, 2.05) is 73.7 Å². The summed E-state index contributed by atoms with van der Waals surface area (Å²) < 4.78 is 19.8. The molecule has 0 fully saturated rings. The van der Waals surface area contributed by atoms with Crippen LogP contribution in [0.4, 0.5) is 11.4 Å². The van der Waals surface area contributed by atoms with Gasteiger partial charge in [-0.05, 0) is 52.6 Å². The van der Waals surface area contributed by atoms with Crippen molar-refractivity contribution in [3.05, 3.63) is 84.9 Å². The Morgan fingerprint density at radius 2 is 1.34 bits per heavy atom. The van der Waals surface area contributed by atoms with Crippen LogP contribution in [0.2, 0.25) is 0 Å². The molecule has 1 aliphatic heterocycles. The number of nitrogen functional groups attached to an aromatic ring is 2. The first-order valence-corrected chi connectivity index (χ1v) is 14.3. The smallest absolute Gasteiger partial charge is 0.178 e. The second-order valence-electron chi connectivity index (χ2n) is 7.76. The first-order valence-electron chi connectivity index (χ1n) is 10.6. The highest BCUT2D eigenvalue weighted by Gasteiger charge is 2.34. The van der Waals surface area contributed by atoms with Crippen molar-refractivity contribution in [1.82, 2.24) is 0 Å². The zero-order valence-corrected chi connectivity index (χ0v) is 19.6. The predicted molar refractivity (Wildman–Crippen MR) is 138 cm³/mol. The standard InChI is InChI=1S/C26H24N2O2P2/c1-2-31(29)32-26-23(22-5-3-4-6-24(22)30-32)16-15-21(17-7-11-19(27)12-8-17)25(26)18-9-13-20(28)14-10-18/h3-16,31H,2,27-28H2,1H3. The number of rotatable bonds is 4. The number of hydrogen-bond donors (Lipinski definition) is 2. The molecule has 5 rings (SSSR count). The Labute approximate surface area is 189 Å². The third-order valence-corrected chi connectivity index (χ3v) is 11.3. The van der Waals surface area contributed by atoms with Gasteiger partial charge in [-0.3, -0.25) is 0 Å². The fraction of sp³-hybridized carbons (Fsp3) is 0.0769. The van der Waals surface area contributed by atoms with Crippen molar-refractivity contribution in [1.29, 1.82) is 0 Å². The summed E-state index contributed by atoms with van der Waals surface area (Å²) in [5, 5.41) is 1.04. The fourth-order valence-corrected chi connectivity index (χ4v) is 8.96. The van der Waals surface area contributed by atoms with E-state index >= 15 is 0 Å². The van der Waals surface area contributed by atoms with Gasteiger partial charge in [0.05, 0.1) is 0 Å². The number of hydrogen-bond acceptors (Lipinski definition) is 4. The highest BCUT2D eigenvalue weighted by molar-refractivity contribution is 8.25. The van der Waals surface area contributed by atoms with Crippen molar-refractivity contribution >= 4 is 32.0 Å². The lowest BCUT2D eigenvalue weighted by molar-refractivity contribution is 0.588. The maximum Gasteiger partial charge on any atom is 0.178 e. The van der Waals surface area contributed by atoms with Gasteiger partial charge < -0.3 is 20.6 Å². The van der Waals surface area contributed by atoms with Crippen LogP contribution in [-0.2, 0) is 4.57 Å². The molecule has 32 heavy (non-hydrogen) atoms. The molecule has 0 aliphatic carbocycles. The quantitative estimate of drug-likeness (QED) is 0.262. The van der Waals surface area contributed by atoms with E-state index in [0.717, 1.165) is 50.1 Å². The fourth-order valence-electron chi connectivity index (χ4n) is 4.10. The van der Waals surface area contributed by atoms with Crippen molar-refractivity contribution in [3.63, 3.8) is 0 Å².